The number of carbonyl (C=O) groups is 3. The molecular formula is C27H26Cl3N2O3Si. The highest BCUT2D eigenvalue weighted by Gasteiger charge is 2.58. The molecule has 5 nitrogen and oxygen atoms in total. The normalized spacial score (nSPS) is 25.9. The van der Waals surface area contributed by atoms with E-state index < -0.39 is 30.3 Å². The van der Waals surface area contributed by atoms with E-state index in [4.69, 9.17) is 34.8 Å². The van der Waals surface area contributed by atoms with Crippen molar-refractivity contribution in [1.82, 2.24) is 5.32 Å². The molecule has 2 aliphatic carbocycles. The van der Waals surface area contributed by atoms with E-state index in [1.54, 1.807) is 12.1 Å². The zero-order valence-electron chi connectivity index (χ0n) is 19.7. The molecule has 2 fully saturated rings. The molecule has 3 amide bonds. The van der Waals surface area contributed by atoms with Crippen LogP contribution < -0.4 is 10.2 Å². The van der Waals surface area contributed by atoms with E-state index in [-0.39, 0.29) is 23.8 Å². The predicted molar refractivity (Wildman–Crippen MR) is 144 cm³/mol. The van der Waals surface area contributed by atoms with Crippen LogP contribution in [0.4, 0.5) is 5.69 Å². The van der Waals surface area contributed by atoms with Crippen LogP contribution in [-0.2, 0) is 20.4 Å². The number of halogens is 3. The van der Waals surface area contributed by atoms with Gasteiger partial charge >= 0.3 is 0 Å². The van der Waals surface area contributed by atoms with Crippen LogP contribution in [0.3, 0.4) is 0 Å². The van der Waals surface area contributed by atoms with Gasteiger partial charge in [0.25, 0.3) is 9.70 Å². The van der Waals surface area contributed by atoms with Crippen LogP contribution in [0.2, 0.25) is 6.55 Å². The third-order valence-corrected chi connectivity index (χ3v) is 10.7. The topological polar surface area (TPSA) is 66.5 Å². The van der Waals surface area contributed by atoms with Gasteiger partial charge in [0, 0.05) is 12.0 Å². The highest BCUT2D eigenvalue weighted by Crippen LogP contribution is 2.52. The number of alkyl halides is 3. The Morgan fingerprint density at radius 3 is 2.28 bits per heavy atom. The number of allylic oxidation sites excluding steroid dienone is 1. The first-order chi connectivity index (χ1) is 17.2. The molecule has 1 aliphatic heterocycles. The number of para-hydroxylation sites is 1. The minimum absolute atomic E-state index is 0.166. The molecule has 1 saturated heterocycles. The maximum Gasteiger partial charge on any atom is 0.272 e. The van der Waals surface area contributed by atoms with Gasteiger partial charge in [0.15, 0.2) is 0 Å². The molecule has 1 unspecified atom stereocenters. The van der Waals surface area contributed by atoms with Gasteiger partial charge in [-0.3, -0.25) is 19.3 Å². The molecule has 1 heterocycles. The zero-order valence-corrected chi connectivity index (χ0v) is 23.0. The first-order valence-corrected chi connectivity index (χ1v) is 15.4. The second kappa shape index (κ2) is 9.97. The van der Waals surface area contributed by atoms with E-state index in [1.165, 1.54) is 21.2 Å². The first kappa shape index (κ1) is 25.5. The van der Waals surface area contributed by atoms with Crippen molar-refractivity contribution in [1.29, 1.82) is 0 Å². The van der Waals surface area contributed by atoms with E-state index in [0.29, 0.717) is 18.5 Å². The van der Waals surface area contributed by atoms with Gasteiger partial charge in [-0.25, -0.2) is 0 Å². The third-order valence-electron chi connectivity index (χ3n) is 7.65. The minimum atomic E-state index is -2.10. The second-order valence-corrected chi connectivity index (χ2v) is 14.6. The van der Waals surface area contributed by atoms with Gasteiger partial charge in [-0.2, -0.15) is 0 Å². The summed E-state index contributed by atoms with van der Waals surface area (Å²) in [4.78, 5) is 41.4. The number of nitrogens with one attached hydrogen (secondary N) is 1. The summed E-state index contributed by atoms with van der Waals surface area (Å²) >= 11 is 17.6. The Balaban J connectivity index is 1.53. The molecule has 5 rings (SSSR count). The molecular weight excluding hydrogens is 535 g/mol. The molecule has 187 valence electrons. The van der Waals surface area contributed by atoms with E-state index in [9.17, 15) is 14.4 Å². The summed E-state index contributed by atoms with van der Waals surface area (Å²) in [5, 5.41) is 4.21. The number of fused-ring (bicyclic) bond motifs is 3. The molecule has 2 aromatic carbocycles. The van der Waals surface area contributed by atoms with Crippen molar-refractivity contribution in [3.8, 4) is 0 Å². The number of hydrogen-bond acceptors (Lipinski definition) is 3. The summed E-state index contributed by atoms with van der Waals surface area (Å²) in [6.45, 7) is 2.28. The number of amides is 3. The smallest absolute Gasteiger partial charge is 0.272 e. The molecule has 36 heavy (non-hydrogen) atoms. The summed E-state index contributed by atoms with van der Waals surface area (Å²) in [6.07, 6.45) is 2.00. The number of benzene rings is 2. The van der Waals surface area contributed by atoms with Gasteiger partial charge in [-0.1, -0.05) is 106 Å². The van der Waals surface area contributed by atoms with Gasteiger partial charge in [-0.15, -0.1) is 0 Å². The van der Waals surface area contributed by atoms with Crippen LogP contribution in [0.25, 0.3) is 0 Å². The molecule has 1 N–H and O–H groups in total. The van der Waals surface area contributed by atoms with E-state index in [0.717, 1.165) is 12.5 Å². The summed E-state index contributed by atoms with van der Waals surface area (Å²) in [5.74, 6) is -2.35. The minimum Gasteiger partial charge on any atom is -0.349 e. The fourth-order valence-electron chi connectivity index (χ4n) is 6.14. The number of hydrogen-bond donors (Lipinski definition) is 1. The number of carbonyl (C=O) groups excluding carboxylic acids is 3. The molecule has 3 aliphatic rings. The maximum atomic E-state index is 13.8. The van der Waals surface area contributed by atoms with Crippen molar-refractivity contribution < 1.29 is 14.4 Å². The number of imide groups is 1. The monoisotopic (exact) mass is 559 g/mol. The van der Waals surface area contributed by atoms with Crippen LogP contribution in [0.15, 0.2) is 71.4 Å². The number of rotatable bonds is 5. The van der Waals surface area contributed by atoms with Crippen molar-refractivity contribution in [2.45, 2.75) is 41.7 Å². The average Bonchev–Trinajstić information content (AvgIpc) is 3.37. The molecule has 0 spiro atoms. The van der Waals surface area contributed by atoms with Crippen molar-refractivity contribution in [3.63, 3.8) is 0 Å². The molecule has 4 atom stereocenters. The van der Waals surface area contributed by atoms with E-state index >= 15 is 0 Å². The van der Waals surface area contributed by atoms with Crippen LogP contribution in [0.5, 0.6) is 0 Å². The van der Waals surface area contributed by atoms with Crippen LogP contribution >= 0.6 is 34.8 Å². The fourth-order valence-corrected chi connectivity index (χ4v) is 8.77. The Hall–Kier alpha value is -2.12. The van der Waals surface area contributed by atoms with Crippen LogP contribution in [0.1, 0.15) is 24.8 Å². The maximum absolute atomic E-state index is 13.8. The van der Waals surface area contributed by atoms with Gasteiger partial charge in [-0.05, 0) is 37.4 Å². The molecule has 1 radical (unpaired) electrons. The van der Waals surface area contributed by atoms with Gasteiger partial charge in [0.2, 0.25) is 11.8 Å². The summed E-state index contributed by atoms with van der Waals surface area (Å²) in [5.41, 5.74) is 3.06. The van der Waals surface area contributed by atoms with Crippen molar-refractivity contribution in [2.24, 2.45) is 17.8 Å². The number of anilines is 1. The second-order valence-electron chi connectivity index (χ2n) is 9.77. The lowest BCUT2D eigenvalue weighted by atomic mass is 9.72. The predicted octanol–water partition coefficient (Wildman–Crippen LogP) is 5.20. The highest BCUT2D eigenvalue weighted by molar-refractivity contribution is 6.76. The van der Waals surface area contributed by atoms with Crippen LogP contribution in [-0.4, -0.2) is 36.4 Å². The Labute approximate surface area is 227 Å². The van der Waals surface area contributed by atoms with Crippen molar-refractivity contribution in [2.75, 3.05) is 4.90 Å². The Morgan fingerprint density at radius 1 is 1.00 bits per heavy atom. The fraction of sp³-hybridized carbons (Fsp3) is 0.370. The lowest BCUT2D eigenvalue weighted by molar-refractivity contribution is -0.125. The molecule has 0 aromatic heterocycles. The average molecular weight is 561 g/mol. The number of nitrogens with zero attached hydrogens (tertiary/aromatic N) is 1. The quantitative estimate of drug-likeness (QED) is 0.310. The van der Waals surface area contributed by atoms with Crippen molar-refractivity contribution >= 4 is 67.0 Å². The standard InChI is InChI=1S/C27H26Cl3N2O3Si/c1-36(15-16-8-4-2-5-9-16)21-14-19-23(25(34)32(24(19)33)17-10-6-3-7-11-17)22-18(21)12-13-20(22)31-26(35)27(28,29)30/h2-11,19-20,22-23H,12-15H2,1H3,(H,31,35)/t19-,20?,22-,23-/m0/s1. The van der Waals surface area contributed by atoms with E-state index in [2.05, 4.69) is 24.0 Å². The summed E-state index contributed by atoms with van der Waals surface area (Å²) in [7, 11) is -1.03. The molecule has 9 heteroatoms. The molecule has 2 aromatic rings. The van der Waals surface area contributed by atoms with Gasteiger partial charge in [0.1, 0.15) is 0 Å². The van der Waals surface area contributed by atoms with Gasteiger partial charge in [0.05, 0.1) is 26.3 Å². The third kappa shape index (κ3) is 4.65. The Morgan fingerprint density at radius 2 is 1.64 bits per heavy atom. The molecule has 1 saturated carbocycles. The lowest BCUT2D eigenvalue weighted by Crippen LogP contribution is -2.48. The SMILES string of the molecule is C[Si](Cc1ccccc1)C1=C2CCC(NC(=O)C(Cl)(Cl)Cl)[C@H]2[C@H]2C(=O)N(c3ccccc3)C(=O)[C@H]2C1. The zero-order chi connectivity index (χ0) is 25.6. The van der Waals surface area contributed by atoms with E-state index in [1.807, 2.05) is 36.4 Å². The van der Waals surface area contributed by atoms with Crippen LogP contribution in [0, 0.1) is 17.8 Å². The summed E-state index contributed by atoms with van der Waals surface area (Å²) in [6, 6.07) is 20.0. The van der Waals surface area contributed by atoms with Gasteiger partial charge < -0.3 is 5.32 Å². The largest absolute Gasteiger partial charge is 0.349 e. The van der Waals surface area contributed by atoms with Crippen molar-refractivity contribution in [3.05, 3.63) is 77.0 Å². The Bertz CT molecular complexity index is 1220. The first-order valence-electron chi connectivity index (χ1n) is 12.1. The summed E-state index contributed by atoms with van der Waals surface area (Å²) < 4.78 is -2.10. The Kier molecular flexibility index (Phi) is 7.07. The lowest BCUT2D eigenvalue weighted by Gasteiger charge is -2.36. The highest BCUT2D eigenvalue weighted by atomic mass is 35.6. The molecule has 0 bridgehead atoms.